The fraction of sp³-hybridized carbons (Fsp3) is 0.348. The Hall–Kier alpha value is -3.43. The molecule has 0 saturated carbocycles. The summed E-state index contributed by atoms with van der Waals surface area (Å²) in [5.74, 6) is -10.8. The van der Waals surface area contributed by atoms with Crippen molar-refractivity contribution in [2.24, 2.45) is 5.92 Å². The van der Waals surface area contributed by atoms with Crippen LogP contribution in [-0.2, 0) is 9.53 Å². The molecule has 1 atom stereocenters. The van der Waals surface area contributed by atoms with Gasteiger partial charge in [-0.3, -0.25) is 9.59 Å². The lowest BCUT2D eigenvalue weighted by atomic mass is 10.1. The van der Waals surface area contributed by atoms with Crippen LogP contribution in [0.4, 0.5) is 17.6 Å². The van der Waals surface area contributed by atoms with Gasteiger partial charge < -0.3 is 14.2 Å². The normalized spacial score (nSPS) is 11.6. The number of aldehydes is 1. The molecule has 0 bridgehead atoms. The lowest BCUT2D eigenvalue weighted by Gasteiger charge is -2.11. The van der Waals surface area contributed by atoms with Crippen LogP contribution >= 0.6 is 0 Å². The summed E-state index contributed by atoms with van der Waals surface area (Å²) in [5.41, 5.74) is -1.61. The third-order valence-electron chi connectivity index (χ3n) is 4.73. The van der Waals surface area contributed by atoms with Crippen LogP contribution in [0.1, 0.15) is 53.8 Å². The zero-order valence-corrected chi connectivity index (χ0v) is 18.0. The summed E-state index contributed by atoms with van der Waals surface area (Å²) in [6, 6.07) is 5.24. The van der Waals surface area contributed by atoms with Crippen molar-refractivity contribution < 1.29 is 46.2 Å². The molecule has 0 radical (unpaired) electrons. The molecule has 1 unspecified atom stereocenters. The van der Waals surface area contributed by atoms with Gasteiger partial charge in [0.2, 0.25) is 17.4 Å². The number of hydrogen-bond acceptors (Lipinski definition) is 6. The van der Waals surface area contributed by atoms with Crippen molar-refractivity contribution in [2.75, 3.05) is 13.2 Å². The van der Waals surface area contributed by atoms with E-state index in [1.165, 1.54) is 24.3 Å². The highest BCUT2D eigenvalue weighted by Gasteiger charge is 2.28. The molecular formula is C23H22F4O6. The van der Waals surface area contributed by atoms with Gasteiger partial charge in [-0.15, -0.1) is 0 Å². The van der Waals surface area contributed by atoms with Gasteiger partial charge in [0, 0.05) is 0 Å². The Morgan fingerprint density at radius 2 is 1.52 bits per heavy atom. The molecule has 0 amide bonds. The average molecular weight is 470 g/mol. The van der Waals surface area contributed by atoms with E-state index in [0.29, 0.717) is 31.6 Å². The number of hydrogen-bond donors (Lipinski definition) is 0. The van der Waals surface area contributed by atoms with Crippen LogP contribution in [0.15, 0.2) is 24.3 Å². The van der Waals surface area contributed by atoms with Crippen molar-refractivity contribution in [1.82, 2.24) is 0 Å². The van der Waals surface area contributed by atoms with Crippen LogP contribution < -0.4 is 9.47 Å². The molecule has 2 aromatic rings. The lowest BCUT2D eigenvalue weighted by Crippen LogP contribution is -2.15. The highest BCUT2D eigenvalue weighted by molar-refractivity contribution is 5.91. The molecule has 2 aromatic carbocycles. The van der Waals surface area contributed by atoms with Crippen LogP contribution in [-0.4, -0.2) is 31.4 Å². The molecule has 178 valence electrons. The van der Waals surface area contributed by atoms with Crippen molar-refractivity contribution in [3.8, 4) is 11.5 Å². The summed E-state index contributed by atoms with van der Waals surface area (Å²) >= 11 is 0. The quantitative estimate of drug-likeness (QED) is 0.115. The number of halogens is 4. The van der Waals surface area contributed by atoms with Crippen molar-refractivity contribution in [3.05, 3.63) is 58.7 Å². The fourth-order valence-corrected chi connectivity index (χ4v) is 2.54. The molecule has 0 aliphatic carbocycles. The van der Waals surface area contributed by atoms with Gasteiger partial charge in [-0.25, -0.2) is 13.6 Å². The third kappa shape index (κ3) is 6.53. The molecule has 0 aromatic heterocycles. The first-order chi connectivity index (χ1) is 15.7. The zero-order valence-electron chi connectivity index (χ0n) is 18.0. The number of esters is 2. The van der Waals surface area contributed by atoms with Gasteiger partial charge in [-0.05, 0) is 43.5 Å². The van der Waals surface area contributed by atoms with Gasteiger partial charge >= 0.3 is 11.9 Å². The molecule has 2 rings (SSSR count). The second kappa shape index (κ2) is 12.0. The van der Waals surface area contributed by atoms with Crippen LogP contribution in [0.3, 0.4) is 0 Å². The summed E-state index contributed by atoms with van der Waals surface area (Å²) in [6.07, 6.45) is 1.51. The van der Waals surface area contributed by atoms with E-state index in [4.69, 9.17) is 9.47 Å². The highest BCUT2D eigenvalue weighted by atomic mass is 19.2. The lowest BCUT2D eigenvalue weighted by molar-refractivity contribution is -0.148. The summed E-state index contributed by atoms with van der Waals surface area (Å²) < 4.78 is 70.2. The van der Waals surface area contributed by atoms with E-state index in [9.17, 15) is 31.9 Å². The maximum atomic E-state index is 13.9. The number of unbranched alkanes of at least 4 members (excludes halogenated alkanes) is 1. The minimum atomic E-state index is -2.00. The van der Waals surface area contributed by atoms with Crippen LogP contribution in [0.2, 0.25) is 0 Å². The standard InChI is InChI=1S/C23H22F4O6/c1-3-13(2)22(29)32-11-5-4-10-31-15-8-6-14(7-9-15)23(30)33-21-19(26)17(24)16(12-28)18(25)20(21)27/h6-9,12-13H,3-5,10-11H2,1-2H3. The number of carbonyl (C=O) groups is 3. The first-order valence-corrected chi connectivity index (χ1v) is 10.1. The average Bonchev–Trinajstić information content (AvgIpc) is 2.82. The van der Waals surface area contributed by atoms with E-state index >= 15 is 0 Å². The minimum Gasteiger partial charge on any atom is -0.494 e. The Balaban J connectivity index is 1.89. The Bertz CT molecular complexity index is 978. The van der Waals surface area contributed by atoms with Crippen molar-refractivity contribution >= 4 is 18.2 Å². The molecule has 0 aliphatic heterocycles. The molecule has 6 nitrogen and oxygen atoms in total. The van der Waals surface area contributed by atoms with Crippen LogP contribution in [0.5, 0.6) is 11.5 Å². The predicted molar refractivity (Wildman–Crippen MR) is 108 cm³/mol. The first kappa shape index (κ1) is 25.8. The van der Waals surface area contributed by atoms with Crippen molar-refractivity contribution in [1.29, 1.82) is 0 Å². The molecular weight excluding hydrogens is 448 g/mol. The third-order valence-corrected chi connectivity index (χ3v) is 4.73. The van der Waals surface area contributed by atoms with Crippen molar-refractivity contribution in [3.63, 3.8) is 0 Å². The maximum Gasteiger partial charge on any atom is 0.343 e. The minimum absolute atomic E-state index is 0.145. The summed E-state index contributed by atoms with van der Waals surface area (Å²) in [6.45, 7) is 4.27. The zero-order chi connectivity index (χ0) is 24.5. The summed E-state index contributed by atoms with van der Waals surface area (Å²) in [7, 11) is 0. The number of rotatable bonds is 11. The Labute approximate surface area is 187 Å². The molecule has 0 aliphatic rings. The van der Waals surface area contributed by atoms with E-state index < -0.39 is 40.6 Å². The molecule has 0 spiro atoms. The number of carbonyl (C=O) groups excluding carboxylic acids is 3. The summed E-state index contributed by atoms with van der Waals surface area (Å²) in [4.78, 5) is 34.2. The van der Waals surface area contributed by atoms with Crippen LogP contribution in [0, 0.1) is 29.2 Å². The topological polar surface area (TPSA) is 78.9 Å². The SMILES string of the molecule is CCC(C)C(=O)OCCCCOc1ccc(C(=O)Oc2c(F)c(F)c(C=O)c(F)c2F)cc1. The highest BCUT2D eigenvalue weighted by Crippen LogP contribution is 2.30. The fourth-order valence-electron chi connectivity index (χ4n) is 2.54. The molecule has 0 fully saturated rings. The molecule has 0 saturated heterocycles. The second-order valence-corrected chi connectivity index (χ2v) is 7.06. The molecule has 10 heteroatoms. The number of benzene rings is 2. The van der Waals surface area contributed by atoms with Gasteiger partial charge in [-0.2, -0.15) is 8.78 Å². The largest absolute Gasteiger partial charge is 0.494 e. The van der Waals surface area contributed by atoms with E-state index in [-0.39, 0.29) is 30.3 Å². The number of ether oxygens (including phenoxy) is 3. The smallest absolute Gasteiger partial charge is 0.343 e. The van der Waals surface area contributed by atoms with Crippen LogP contribution in [0.25, 0.3) is 0 Å². The van der Waals surface area contributed by atoms with Gasteiger partial charge in [0.25, 0.3) is 0 Å². The van der Waals surface area contributed by atoms with Gasteiger partial charge in [0.05, 0.1) is 30.3 Å². The van der Waals surface area contributed by atoms with E-state index in [1.807, 2.05) is 6.92 Å². The monoisotopic (exact) mass is 470 g/mol. The van der Waals surface area contributed by atoms with Gasteiger partial charge in [0.1, 0.15) is 5.75 Å². The van der Waals surface area contributed by atoms with E-state index in [0.717, 1.165) is 0 Å². The maximum absolute atomic E-state index is 13.9. The van der Waals surface area contributed by atoms with Gasteiger partial charge in [-0.1, -0.05) is 13.8 Å². The van der Waals surface area contributed by atoms with Crippen molar-refractivity contribution in [2.45, 2.75) is 33.1 Å². The Morgan fingerprint density at radius 3 is 2.06 bits per heavy atom. The first-order valence-electron chi connectivity index (χ1n) is 10.1. The Kier molecular flexibility index (Phi) is 9.38. The van der Waals surface area contributed by atoms with E-state index in [1.54, 1.807) is 6.92 Å². The van der Waals surface area contributed by atoms with Gasteiger partial charge in [0.15, 0.2) is 17.9 Å². The summed E-state index contributed by atoms with van der Waals surface area (Å²) in [5, 5.41) is 0. The molecule has 33 heavy (non-hydrogen) atoms. The Morgan fingerprint density at radius 1 is 0.939 bits per heavy atom. The predicted octanol–water partition coefficient (Wildman–Crippen LogP) is 5.02. The molecule has 0 heterocycles. The second-order valence-electron chi connectivity index (χ2n) is 7.06. The molecule has 0 N–H and O–H groups in total. The van der Waals surface area contributed by atoms with E-state index in [2.05, 4.69) is 4.74 Å².